The number of carbonyl (C=O) groups is 1. The monoisotopic (exact) mass is 198 g/mol. The Labute approximate surface area is 86.4 Å². The lowest BCUT2D eigenvalue weighted by Gasteiger charge is -2.32. The van der Waals surface area contributed by atoms with Gasteiger partial charge < -0.3 is 11.1 Å². The third kappa shape index (κ3) is 2.98. The molecule has 0 bridgehead atoms. The fourth-order valence-electron chi connectivity index (χ4n) is 2.14. The maximum atomic E-state index is 11.2. The Bertz CT molecular complexity index is 194. The summed E-state index contributed by atoms with van der Waals surface area (Å²) in [6, 6.07) is 0.316. The minimum atomic E-state index is -0.134. The number of nitrogens with one attached hydrogen (secondary N) is 1. The quantitative estimate of drug-likeness (QED) is 0.715. The number of hydrogen-bond acceptors (Lipinski definition) is 2. The normalized spacial score (nSPS) is 29.9. The number of primary amides is 1. The van der Waals surface area contributed by atoms with Crippen LogP contribution in [0.4, 0.5) is 0 Å². The number of carbonyl (C=O) groups excluding carboxylic acids is 1. The average molecular weight is 198 g/mol. The molecule has 0 aromatic rings. The fraction of sp³-hybridized carbons (Fsp3) is 0.909. The molecule has 1 fully saturated rings. The van der Waals surface area contributed by atoms with Crippen LogP contribution in [0.25, 0.3) is 0 Å². The van der Waals surface area contributed by atoms with E-state index in [0.717, 1.165) is 25.8 Å². The lowest BCUT2D eigenvalue weighted by Crippen LogP contribution is -2.47. The molecule has 1 amide bonds. The molecule has 14 heavy (non-hydrogen) atoms. The van der Waals surface area contributed by atoms with Crippen LogP contribution in [0.15, 0.2) is 0 Å². The molecule has 3 atom stereocenters. The summed E-state index contributed by atoms with van der Waals surface area (Å²) in [6.45, 7) is 5.45. The molecule has 0 aliphatic carbocycles. The lowest BCUT2D eigenvalue weighted by atomic mass is 9.84. The Morgan fingerprint density at radius 3 is 2.93 bits per heavy atom. The van der Waals surface area contributed by atoms with Gasteiger partial charge in [-0.15, -0.1) is 0 Å². The first kappa shape index (κ1) is 11.5. The van der Waals surface area contributed by atoms with Gasteiger partial charge in [0.25, 0.3) is 0 Å². The maximum Gasteiger partial charge on any atom is 0.222 e. The zero-order valence-electron chi connectivity index (χ0n) is 9.25. The largest absolute Gasteiger partial charge is 0.369 e. The van der Waals surface area contributed by atoms with Crippen LogP contribution >= 0.6 is 0 Å². The molecule has 1 heterocycles. The summed E-state index contributed by atoms with van der Waals surface area (Å²) in [5, 5.41) is 3.41. The van der Waals surface area contributed by atoms with Crippen molar-refractivity contribution in [3.05, 3.63) is 0 Å². The van der Waals surface area contributed by atoms with Crippen molar-refractivity contribution in [2.75, 3.05) is 6.54 Å². The van der Waals surface area contributed by atoms with Crippen LogP contribution < -0.4 is 11.1 Å². The van der Waals surface area contributed by atoms with Gasteiger partial charge in [-0.05, 0) is 31.7 Å². The standard InChI is InChI=1S/C11H22N2O/c1-3-8(2)7-10-9(11(12)14)5-4-6-13-10/h8-10,13H,3-7H2,1-2H3,(H2,12,14). The summed E-state index contributed by atoms with van der Waals surface area (Å²) in [5.74, 6) is 0.593. The van der Waals surface area contributed by atoms with Crippen LogP contribution in [0.2, 0.25) is 0 Å². The Morgan fingerprint density at radius 1 is 1.64 bits per heavy atom. The molecule has 3 heteroatoms. The number of rotatable bonds is 4. The molecular weight excluding hydrogens is 176 g/mol. The van der Waals surface area contributed by atoms with Crippen LogP contribution in [0.5, 0.6) is 0 Å². The highest BCUT2D eigenvalue weighted by Gasteiger charge is 2.29. The molecule has 3 unspecified atom stereocenters. The first-order valence-electron chi connectivity index (χ1n) is 5.67. The topological polar surface area (TPSA) is 55.1 Å². The van der Waals surface area contributed by atoms with Crippen LogP contribution in [0.1, 0.15) is 39.5 Å². The molecule has 3 N–H and O–H groups in total. The van der Waals surface area contributed by atoms with Crippen LogP contribution in [0.3, 0.4) is 0 Å². The SMILES string of the molecule is CCC(C)CC1NCCCC1C(N)=O. The van der Waals surface area contributed by atoms with Gasteiger partial charge >= 0.3 is 0 Å². The van der Waals surface area contributed by atoms with Crippen LogP contribution in [-0.2, 0) is 4.79 Å². The highest BCUT2D eigenvalue weighted by atomic mass is 16.1. The Balaban J connectivity index is 2.49. The summed E-state index contributed by atoms with van der Waals surface area (Å²) < 4.78 is 0. The minimum absolute atomic E-state index is 0.0535. The van der Waals surface area contributed by atoms with Gasteiger partial charge in [0.2, 0.25) is 5.91 Å². The highest BCUT2D eigenvalue weighted by Crippen LogP contribution is 2.22. The molecule has 1 saturated heterocycles. The molecule has 1 aliphatic heterocycles. The van der Waals surface area contributed by atoms with Crippen molar-refractivity contribution in [2.45, 2.75) is 45.6 Å². The van der Waals surface area contributed by atoms with Crippen LogP contribution in [0, 0.1) is 11.8 Å². The van der Waals surface area contributed by atoms with Crippen molar-refractivity contribution in [1.82, 2.24) is 5.32 Å². The molecule has 1 rings (SSSR count). The molecule has 0 aromatic heterocycles. The third-order valence-electron chi connectivity index (χ3n) is 3.30. The van der Waals surface area contributed by atoms with E-state index in [1.807, 2.05) is 0 Å². The molecule has 0 saturated carbocycles. The first-order chi connectivity index (χ1) is 6.65. The summed E-state index contributed by atoms with van der Waals surface area (Å²) in [5.41, 5.74) is 5.40. The van der Waals surface area contributed by atoms with E-state index in [4.69, 9.17) is 5.73 Å². The molecule has 1 aliphatic rings. The van der Waals surface area contributed by atoms with Gasteiger partial charge in [0, 0.05) is 6.04 Å². The van der Waals surface area contributed by atoms with Gasteiger partial charge in [0.15, 0.2) is 0 Å². The minimum Gasteiger partial charge on any atom is -0.369 e. The van der Waals surface area contributed by atoms with Gasteiger partial charge in [-0.1, -0.05) is 20.3 Å². The second-order valence-corrected chi connectivity index (χ2v) is 4.46. The van der Waals surface area contributed by atoms with Crippen molar-refractivity contribution in [3.63, 3.8) is 0 Å². The first-order valence-corrected chi connectivity index (χ1v) is 5.67. The van der Waals surface area contributed by atoms with Crippen LogP contribution in [-0.4, -0.2) is 18.5 Å². The van der Waals surface area contributed by atoms with Crippen molar-refractivity contribution >= 4 is 5.91 Å². The highest BCUT2D eigenvalue weighted by molar-refractivity contribution is 5.77. The van der Waals surface area contributed by atoms with E-state index in [0.29, 0.717) is 12.0 Å². The Morgan fingerprint density at radius 2 is 2.36 bits per heavy atom. The fourth-order valence-corrected chi connectivity index (χ4v) is 2.14. The number of hydrogen-bond donors (Lipinski definition) is 2. The maximum absolute atomic E-state index is 11.2. The van der Waals surface area contributed by atoms with Gasteiger partial charge in [0.1, 0.15) is 0 Å². The molecule has 0 aromatic carbocycles. The molecular formula is C11H22N2O. The van der Waals surface area contributed by atoms with E-state index in [1.54, 1.807) is 0 Å². The van der Waals surface area contributed by atoms with Gasteiger partial charge in [-0.2, -0.15) is 0 Å². The van der Waals surface area contributed by atoms with Crippen molar-refractivity contribution in [3.8, 4) is 0 Å². The second kappa shape index (κ2) is 5.35. The van der Waals surface area contributed by atoms with Crippen molar-refractivity contribution in [1.29, 1.82) is 0 Å². The molecule has 0 spiro atoms. The molecule has 82 valence electrons. The van der Waals surface area contributed by atoms with Crippen molar-refractivity contribution in [2.24, 2.45) is 17.6 Å². The predicted molar refractivity (Wildman–Crippen MR) is 57.8 cm³/mol. The second-order valence-electron chi connectivity index (χ2n) is 4.46. The van der Waals surface area contributed by atoms with E-state index in [2.05, 4.69) is 19.2 Å². The predicted octanol–water partition coefficient (Wildman–Crippen LogP) is 1.28. The number of nitrogens with two attached hydrogens (primary N) is 1. The molecule has 0 radical (unpaired) electrons. The van der Waals surface area contributed by atoms with E-state index >= 15 is 0 Å². The van der Waals surface area contributed by atoms with Gasteiger partial charge in [-0.25, -0.2) is 0 Å². The summed E-state index contributed by atoms with van der Waals surface area (Å²) in [7, 11) is 0. The number of piperidine rings is 1. The average Bonchev–Trinajstić information content (AvgIpc) is 2.18. The molecule has 3 nitrogen and oxygen atoms in total. The third-order valence-corrected chi connectivity index (χ3v) is 3.30. The van der Waals surface area contributed by atoms with E-state index < -0.39 is 0 Å². The summed E-state index contributed by atoms with van der Waals surface area (Å²) in [4.78, 5) is 11.2. The van der Waals surface area contributed by atoms with Gasteiger partial charge in [0.05, 0.1) is 5.92 Å². The summed E-state index contributed by atoms with van der Waals surface area (Å²) in [6.07, 6.45) is 4.28. The van der Waals surface area contributed by atoms with Gasteiger partial charge in [-0.3, -0.25) is 4.79 Å². The Kier molecular flexibility index (Phi) is 4.39. The Hall–Kier alpha value is -0.570. The van der Waals surface area contributed by atoms with E-state index in [1.165, 1.54) is 6.42 Å². The zero-order chi connectivity index (χ0) is 10.6. The number of amides is 1. The van der Waals surface area contributed by atoms with E-state index in [9.17, 15) is 4.79 Å². The summed E-state index contributed by atoms with van der Waals surface area (Å²) >= 11 is 0. The lowest BCUT2D eigenvalue weighted by molar-refractivity contribution is -0.123. The zero-order valence-corrected chi connectivity index (χ0v) is 9.25. The van der Waals surface area contributed by atoms with Crippen molar-refractivity contribution < 1.29 is 4.79 Å². The van der Waals surface area contributed by atoms with E-state index in [-0.39, 0.29) is 11.8 Å². The smallest absolute Gasteiger partial charge is 0.222 e.